The molecule has 1 aromatic heterocycles. The van der Waals surface area contributed by atoms with E-state index in [1.54, 1.807) is 12.7 Å². The van der Waals surface area contributed by atoms with Gasteiger partial charge < -0.3 is 4.57 Å². The first-order valence-corrected chi connectivity index (χ1v) is 4.37. The molecule has 0 radical (unpaired) electrons. The van der Waals surface area contributed by atoms with Gasteiger partial charge in [-0.1, -0.05) is 20.3 Å². The molecule has 0 amide bonds. The molecule has 3 nitrogen and oxygen atoms in total. The molecule has 0 spiro atoms. The van der Waals surface area contributed by atoms with Crippen molar-refractivity contribution in [1.82, 2.24) is 14.8 Å². The standard InChI is InChI=1S/C6H11N3.C3H8/c1-6(2,3)9-4-7-8-5-9;1-3-2/h4-5H,1-3H3;3H2,1-2H3. The molecule has 0 saturated heterocycles. The lowest BCUT2D eigenvalue weighted by Gasteiger charge is -2.18. The molecular weight excluding hydrogens is 150 g/mol. The van der Waals surface area contributed by atoms with Crippen LogP contribution in [0.25, 0.3) is 0 Å². The van der Waals surface area contributed by atoms with Gasteiger partial charge in [0.1, 0.15) is 12.7 Å². The molecule has 0 unspecified atom stereocenters. The predicted molar refractivity (Wildman–Crippen MR) is 51.0 cm³/mol. The van der Waals surface area contributed by atoms with Crippen molar-refractivity contribution in [2.45, 2.75) is 46.6 Å². The monoisotopic (exact) mass is 169 g/mol. The molecule has 0 N–H and O–H groups in total. The second kappa shape index (κ2) is 4.91. The number of rotatable bonds is 0. The fraction of sp³-hybridized carbons (Fsp3) is 0.778. The van der Waals surface area contributed by atoms with Crippen LogP contribution in [-0.4, -0.2) is 14.8 Å². The maximum atomic E-state index is 3.70. The lowest BCUT2D eigenvalue weighted by molar-refractivity contribution is 0.395. The quantitative estimate of drug-likeness (QED) is 0.597. The van der Waals surface area contributed by atoms with Gasteiger partial charge in [-0.05, 0) is 20.8 Å². The maximum Gasteiger partial charge on any atom is 0.119 e. The van der Waals surface area contributed by atoms with E-state index >= 15 is 0 Å². The number of aromatic nitrogens is 3. The van der Waals surface area contributed by atoms with Gasteiger partial charge in [-0.25, -0.2) is 0 Å². The molecule has 0 saturated carbocycles. The molecule has 0 atom stereocenters. The summed E-state index contributed by atoms with van der Waals surface area (Å²) in [5.74, 6) is 0. The molecular formula is C9H19N3. The fourth-order valence-electron chi connectivity index (χ4n) is 0.547. The van der Waals surface area contributed by atoms with E-state index in [1.807, 2.05) is 4.57 Å². The second-order valence-corrected chi connectivity index (χ2v) is 3.75. The Labute approximate surface area is 74.8 Å². The molecule has 1 rings (SSSR count). The van der Waals surface area contributed by atoms with Gasteiger partial charge in [0.2, 0.25) is 0 Å². The van der Waals surface area contributed by atoms with Crippen molar-refractivity contribution < 1.29 is 0 Å². The van der Waals surface area contributed by atoms with Crippen molar-refractivity contribution in [1.29, 1.82) is 0 Å². The second-order valence-electron chi connectivity index (χ2n) is 3.75. The first-order valence-electron chi connectivity index (χ1n) is 4.37. The molecule has 0 bridgehead atoms. The molecule has 0 aliphatic rings. The van der Waals surface area contributed by atoms with Crippen LogP contribution in [0.3, 0.4) is 0 Å². The summed E-state index contributed by atoms with van der Waals surface area (Å²) in [5.41, 5.74) is 0.115. The Morgan fingerprint density at radius 2 is 1.42 bits per heavy atom. The van der Waals surface area contributed by atoms with Crippen LogP contribution in [0.2, 0.25) is 0 Å². The van der Waals surface area contributed by atoms with Crippen LogP contribution in [0, 0.1) is 0 Å². The zero-order valence-electron chi connectivity index (χ0n) is 8.70. The average Bonchev–Trinajstić information content (AvgIpc) is 2.36. The summed E-state index contributed by atoms with van der Waals surface area (Å²) in [6.07, 6.45) is 4.69. The minimum Gasteiger partial charge on any atom is -0.315 e. The number of hydrogen-bond acceptors (Lipinski definition) is 2. The zero-order chi connectivity index (χ0) is 9.61. The third-order valence-corrected chi connectivity index (χ3v) is 1.19. The molecule has 3 heteroatoms. The van der Waals surface area contributed by atoms with Crippen molar-refractivity contribution >= 4 is 0 Å². The van der Waals surface area contributed by atoms with Crippen LogP contribution < -0.4 is 0 Å². The Bertz CT molecular complexity index is 184. The number of nitrogens with zero attached hydrogens (tertiary/aromatic N) is 3. The lowest BCUT2D eigenvalue weighted by Crippen LogP contribution is -2.19. The van der Waals surface area contributed by atoms with Gasteiger partial charge in [0.25, 0.3) is 0 Å². The Morgan fingerprint density at radius 1 is 1.08 bits per heavy atom. The molecule has 0 aliphatic carbocycles. The summed E-state index contributed by atoms with van der Waals surface area (Å²) < 4.78 is 1.97. The fourth-order valence-corrected chi connectivity index (χ4v) is 0.547. The Morgan fingerprint density at radius 3 is 1.58 bits per heavy atom. The average molecular weight is 169 g/mol. The first-order chi connectivity index (χ1) is 5.52. The van der Waals surface area contributed by atoms with E-state index in [4.69, 9.17) is 0 Å². The molecule has 1 heterocycles. The van der Waals surface area contributed by atoms with Crippen molar-refractivity contribution in [2.24, 2.45) is 0 Å². The summed E-state index contributed by atoms with van der Waals surface area (Å²) >= 11 is 0. The van der Waals surface area contributed by atoms with E-state index in [0.29, 0.717) is 0 Å². The van der Waals surface area contributed by atoms with Crippen LogP contribution in [0.1, 0.15) is 41.0 Å². The van der Waals surface area contributed by atoms with Gasteiger partial charge in [-0.3, -0.25) is 0 Å². The third kappa shape index (κ3) is 4.11. The molecule has 1 aromatic rings. The first kappa shape index (κ1) is 11.1. The van der Waals surface area contributed by atoms with E-state index in [0.717, 1.165) is 0 Å². The maximum absolute atomic E-state index is 3.70. The summed E-state index contributed by atoms with van der Waals surface area (Å²) in [7, 11) is 0. The van der Waals surface area contributed by atoms with Gasteiger partial charge in [-0.2, -0.15) is 0 Å². The topological polar surface area (TPSA) is 30.7 Å². The molecule has 70 valence electrons. The van der Waals surface area contributed by atoms with Gasteiger partial charge in [0.15, 0.2) is 0 Å². The third-order valence-electron chi connectivity index (χ3n) is 1.19. The van der Waals surface area contributed by atoms with Gasteiger partial charge in [-0.15, -0.1) is 10.2 Å². The highest BCUT2D eigenvalue weighted by atomic mass is 15.2. The van der Waals surface area contributed by atoms with Crippen molar-refractivity contribution in [3.8, 4) is 0 Å². The summed E-state index contributed by atoms with van der Waals surface area (Å²) in [6.45, 7) is 10.6. The minimum absolute atomic E-state index is 0.115. The summed E-state index contributed by atoms with van der Waals surface area (Å²) in [5, 5.41) is 7.40. The van der Waals surface area contributed by atoms with Crippen LogP contribution in [-0.2, 0) is 5.54 Å². The van der Waals surface area contributed by atoms with Gasteiger partial charge in [0, 0.05) is 5.54 Å². The Balaban J connectivity index is 0.000000354. The Kier molecular flexibility index (Phi) is 4.55. The van der Waals surface area contributed by atoms with Crippen LogP contribution >= 0.6 is 0 Å². The predicted octanol–water partition coefficient (Wildman–Crippen LogP) is 2.45. The van der Waals surface area contributed by atoms with Crippen molar-refractivity contribution in [3.63, 3.8) is 0 Å². The van der Waals surface area contributed by atoms with Crippen LogP contribution in [0.5, 0.6) is 0 Å². The lowest BCUT2D eigenvalue weighted by atomic mass is 10.1. The summed E-state index contributed by atoms with van der Waals surface area (Å²) in [6, 6.07) is 0. The highest BCUT2D eigenvalue weighted by Crippen LogP contribution is 2.10. The minimum atomic E-state index is 0.115. The largest absolute Gasteiger partial charge is 0.315 e. The summed E-state index contributed by atoms with van der Waals surface area (Å²) in [4.78, 5) is 0. The molecule has 0 aromatic carbocycles. The van der Waals surface area contributed by atoms with Gasteiger partial charge in [0.05, 0.1) is 0 Å². The van der Waals surface area contributed by atoms with Crippen molar-refractivity contribution in [3.05, 3.63) is 12.7 Å². The zero-order valence-corrected chi connectivity index (χ0v) is 8.70. The van der Waals surface area contributed by atoms with Crippen LogP contribution in [0.15, 0.2) is 12.7 Å². The molecule has 0 aliphatic heterocycles. The normalized spacial score (nSPS) is 10.4. The van der Waals surface area contributed by atoms with Crippen LogP contribution in [0.4, 0.5) is 0 Å². The Hall–Kier alpha value is -0.860. The van der Waals surface area contributed by atoms with E-state index < -0.39 is 0 Å². The van der Waals surface area contributed by atoms with E-state index in [9.17, 15) is 0 Å². The molecule has 12 heavy (non-hydrogen) atoms. The molecule has 0 fully saturated rings. The SMILES string of the molecule is CC(C)(C)n1cnnc1.CCC. The highest BCUT2D eigenvalue weighted by Gasteiger charge is 2.10. The highest BCUT2D eigenvalue weighted by molar-refractivity contribution is 4.75. The van der Waals surface area contributed by atoms with Crippen molar-refractivity contribution in [2.75, 3.05) is 0 Å². The number of hydrogen-bond donors (Lipinski definition) is 0. The van der Waals surface area contributed by atoms with E-state index in [1.165, 1.54) is 6.42 Å². The van der Waals surface area contributed by atoms with E-state index in [-0.39, 0.29) is 5.54 Å². The van der Waals surface area contributed by atoms with Gasteiger partial charge >= 0.3 is 0 Å². The smallest absolute Gasteiger partial charge is 0.119 e. The van der Waals surface area contributed by atoms with E-state index in [2.05, 4.69) is 44.8 Å².